The molecule has 2 fully saturated rings. The number of rotatable bonds is 6. The first-order valence-electron chi connectivity index (χ1n) is 9.69. The summed E-state index contributed by atoms with van der Waals surface area (Å²) in [5, 5.41) is 32.4. The molecule has 1 aromatic rings. The molecule has 0 spiro atoms. The lowest BCUT2D eigenvalue weighted by Crippen LogP contribution is -2.52. The molecule has 3 heterocycles. The maximum Gasteiger partial charge on any atom is 0.170 e. The first kappa shape index (κ1) is 19.3. The summed E-state index contributed by atoms with van der Waals surface area (Å²) in [7, 11) is 0. The van der Waals surface area contributed by atoms with Gasteiger partial charge in [-0.15, -0.1) is 11.3 Å². The molecular formula is C19H32N2O3S. The molecule has 2 aliphatic rings. The van der Waals surface area contributed by atoms with Gasteiger partial charge < -0.3 is 20.2 Å². The summed E-state index contributed by atoms with van der Waals surface area (Å²) in [6.07, 6.45) is 5.15. The van der Waals surface area contributed by atoms with E-state index in [1.807, 2.05) is 17.5 Å². The number of aliphatic hydroxyl groups excluding tert-OH is 2. The molecule has 0 bridgehead atoms. The van der Waals surface area contributed by atoms with Gasteiger partial charge in [0, 0.05) is 18.0 Å². The summed E-state index contributed by atoms with van der Waals surface area (Å²) >= 11 is 1.47. The molecule has 3 atom stereocenters. The molecule has 0 amide bonds. The molecule has 0 aromatic carbocycles. The van der Waals surface area contributed by atoms with Gasteiger partial charge in [-0.2, -0.15) is 0 Å². The highest BCUT2D eigenvalue weighted by molar-refractivity contribution is 7.10. The zero-order chi connectivity index (χ0) is 17.6. The number of aliphatic hydroxyl groups is 3. The van der Waals surface area contributed by atoms with Crippen molar-refractivity contribution in [2.24, 2.45) is 5.92 Å². The molecule has 6 heteroatoms. The van der Waals surface area contributed by atoms with Gasteiger partial charge in [0.2, 0.25) is 0 Å². The summed E-state index contributed by atoms with van der Waals surface area (Å²) in [4.78, 5) is 5.48. The van der Waals surface area contributed by atoms with Crippen LogP contribution in [0.1, 0.15) is 49.5 Å². The van der Waals surface area contributed by atoms with E-state index in [2.05, 4.69) is 9.80 Å². The van der Waals surface area contributed by atoms with Crippen molar-refractivity contribution in [3.05, 3.63) is 22.4 Å². The minimum Gasteiger partial charge on any atom is -0.386 e. The third-order valence-corrected chi connectivity index (χ3v) is 6.59. The van der Waals surface area contributed by atoms with Crippen LogP contribution < -0.4 is 0 Å². The predicted octanol–water partition coefficient (Wildman–Crippen LogP) is 2.05. The number of hydrogen-bond acceptors (Lipinski definition) is 6. The molecule has 3 unspecified atom stereocenters. The molecule has 2 aliphatic heterocycles. The van der Waals surface area contributed by atoms with Crippen LogP contribution in [0.15, 0.2) is 17.5 Å². The van der Waals surface area contributed by atoms with E-state index in [0.717, 1.165) is 30.9 Å². The molecule has 1 aromatic heterocycles. The zero-order valence-electron chi connectivity index (χ0n) is 15.0. The number of hydrogen-bond donors (Lipinski definition) is 3. The smallest absolute Gasteiger partial charge is 0.170 e. The van der Waals surface area contributed by atoms with E-state index in [1.54, 1.807) is 0 Å². The standard InChI is InChI=1S/C19H32N2O3S/c22-18(16-8-6-12-25-16)17(19(23)24)21-11-5-7-15(14-21)13-20-9-3-1-2-4-10-20/h6,8,12,15,17-19,22-24H,1-5,7,9-11,13-14H2. The molecular weight excluding hydrogens is 336 g/mol. The molecule has 3 rings (SSSR count). The van der Waals surface area contributed by atoms with Crippen molar-refractivity contribution >= 4 is 11.3 Å². The molecule has 0 radical (unpaired) electrons. The largest absolute Gasteiger partial charge is 0.386 e. The molecule has 0 saturated carbocycles. The number of nitrogens with zero attached hydrogens (tertiary/aromatic N) is 2. The Labute approximate surface area is 154 Å². The summed E-state index contributed by atoms with van der Waals surface area (Å²) in [5.41, 5.74) is 0. The quantitative estimate of drug-likeness (QED) is 0.671. The summed E-state index contributed by atoms with van der Waals surface area (Å²) in [6, 6.07) is 3.11. The SMILES string of the molecule is OC(O)C(C(O)c1cccs1)N1CCCC(CN2CCCCCC2)C1. The third-order valence-electron chi connectivity index (χ3n) is 5.65. The topological polar surface area (TPSA) is 67.2 Å². The Hall–Kier alpha value is -0.500. The van der Waals surface area contributed by atoms with E-state index in [0.29, 0.717) is 5.92 Å². The fraction of sp³-hybridized carbons (Fsp3) is 0.789. The average Bonchev–Trinajstić information content (AvgIpc) is 3.01. The minimum absolute atomic E-state index is 0.545. The molecule has 0 aliphatic carbocycles. The van der Waals surface area contributed by atoms with Gasteiger partial charge in [0.05, 0.1) is 6.04 Å². The van der Waals surface area contributed by atoms with E-state index >= 15 is 0 Å². The molecule has 25 heavy (non-hydrogen) atoms. The molecule has 142 valence electrons. The Morgan fingerprint density at radius 3 is 2.44 bits per heavy atom. The van der Waals surface area contributed by atoms with Crippen LogP contribution in [0, 0.1) is 5.92 Å². The van der Waals surface area contributed by atoms with Crippen LogP contribution >= 0.6 is 11.3 Å². The Morgan fingerprint density at radius 1 is 1.04 bits per heavy atom. The van der Waals surface area contributed by atoms with Crippen molar-refractivity contribution in [3.8, 4) is 0 Å². The van der Waals surface area contributed by atoms with Gasteiger partial charge in [-0.05, 0) is 62.7 Å². The van der Waals surface area contributed by atoms with Crippen LogP contribution in [0.4, 0.5) is 0 Å². The van der Waals surface area contributed by atoms with Crippen LogP contribution in [0.25, 0.3) is 0 Å². The predicted molar refractivity (Wildman–Crippen MR) is 100 cm³/mol. The number of piperidine rings is 1. The third kappa shape index (κ3) is 5.25. The Kier molecular flexibility index (Phi) is 7.28. The number of likely N-dealkylation sites (tertiary alicyclic amines) is 2. The zero-order valence-corrected chi connectivity index (χ0v) is 15.8. The Bertz CT molecular complexity index is 489. The summed E-state index contributed by atoms with van der Waals surface area (Å²) < 4.78 is 0. The highest BCUT2D eigenvalue weighted by Crippen LogP contribution is 2.30. The Balaban J connectivity index is 1.61. The van der Waals surface area contributed by atoms with Crippen molar-refractivity contribution in [3.63, 3.8) is 0 Å². The summed E-state index contributed by atoms with van der Waals surface area (Å²) in [6.45, 7) is 5.14. The van der Waals surface area contributed by atoms with Gasteiger partial charge in [0.1, 0.15) is 6.10 Å². The van der Waals surface area contributed by atoms with Gasteiger partial charge in [0.25, 0.3) is 0 Å². The fourth-order valence-electron chi connectivity index (χ4n) is 4.38. The van der Waals surface area contributed by atoms with E-state index < -0.39 is 18.4 Å². The van der Waals surface area contributed by atoms with Crippen LogP contribution in [-0.2, 0) is 0 Å². The van der Waals surface area contributed by atoms with Crippen molar-refractivity contribution in [2.45, 2.75) is 57.0 Å². The van der Waals surface area contributed by atoms with Gasteiger partial charge in [-0.1, -0.05) is 18.9 Å². The first-order chi connectivity index (χ1) is 12.1. The average molecular weight is 369 g/mol. The van der Waals surface area contributed by atoms with Crippen LogP contribution in [0.5, 0.6) is 0 Å². The van der Waals surface area contributed by atoms with Crippen molar-refractivity contribution in [1.82, 2.24) is 9.80 Å². The van der Waals surface area contributed by atoms with Crippen molar-refractivity contribution in [1.29, 1.82) is 0 Å². The van der Waals surface area contributed by atoms with Gasteiger partial charge in [0.15, 0.2) is 6.29 Å². The van der Waals surface area contributed by atoms with Gasteiger partial charge in [-0.25, -0.2) is 0 Å². The lowest BCUT2D eigenvalue weighted by atomic mass is 9.94. The van der Waals surface area contributed by atoms with E-state index in [1.165, 1.54) is 56.5 Å². The normalized spacial score (nSPS) is 26.5. The second-order valence-corrected chi connectivity index (χ2v) is 8.56. The lowest BCUT2D eigenvalue weighted by Gasteiger charge is -2.41. The second kappa shape index (κ2) is 9.44. The lowest BCUT2D eigenvalue weighted by molar-refractivity contribution is -0.141. The monoisotopic (exact) mass is 368 g/mol. The van der Waals surface area contributed by atoms with Gasteiger partial charge in [-0.3, -0.25) is 4.90 Å². The second-order valence-electron chi connectivity index (χ2n) is 7.58. The summed E-state index contributed by atoms with van der Waals surface area (Å²) in [5.74, 6) is 0.545. The highest BCUT2D eigenvalue weighted by Gasteiger charge is 2.36. The van der Waals surface area contributed by atoms with E-state index in [-0.39, 0.29) is 0 Å². The number of thiophene rings is 1. The van der Waals surface area contributed by atoms with Crippen LogP contribution in [0.2, 0.25) is 0 Å². The van der Waals surface area contributed by atoms with E-state index in [9.17, 15) is 15.3 Å². The van der Waals surface area contributed by atoms with Crippen LogP contribution in [-0.4, -0.2) is 70.2 Å². The maximum atomic E-state index is 10.7. The molecule has 3 N–H and O–H groups in total. The van der Waals surface area contributed by atoms with E-state index in [4.69, 9.17) is 0 Å². The van der Waals surface area contributed by atoms with Crippen molar-refractivity contribution in [2.75, 3.05) is 32.7 Å². The van der Waals surface area contributed by atoms with Gasteiger partial charge >= 0.3 is 0 Å². The maximum absolute atomic E-state index is 10.7. The highest BCUT2D eigenvalue weighted by atomic mass is 32.1. The molecule has 2 saturated heterocycles. The van der Waals surface area contributed by atoms with Crippen LogP contribution in [0.3, 0.4) is 0 Å². The van der Waals surface area contributed by atoms with Crippen molar-refractivity contribution < 1.29 is 15.3 Å². The first-order valence-corrected chi connectivity index (χ1v) is 10.6. The molecule has 5 nitrogen and oxygen atoms in total. The Morgan fingerprint density at radius 2 is 1.80 bits per heavy atom. The minimum atomic E-state index is -1.53. The fourth-order valence-corrected chi connectivity index (χ4v) is 5.13.